The summed E-state index contributed by atoms with van der Waals surface area (Å²) in [7, 11) is 3.04. The van der Waals surface area contributed by atoms with E-state index in [1.807, 2.05) is 0 Å². The number of carbonyl (C=O) groups is 1. The number of rotatable bonds is 6. The molecule has 9 heteroatoms. The quantitative estimate of drug-likeness (QED) is 0.589. The summed E-state index contributed by atoms with van der Waals surface area (Å²) in [5.41, 5.74) is -0.106. The smallest absolute Gasteiger partial charge is 0.294 e. The number of carbonyl (C=O) groups excluding carboxylic acids is 1. The van der Waals surface area contributed by atoms with Crippen molar-refractivity contribution in [2.45, 2.75) is 6.54 Å². The molecule has 1 amide bonds. The molecule has 3 aromatic rings. The molecule has 0 radical (unpaired) electrons. The van der Waals surface area contributed by atoms with Gasteiger partial charge in [0.2, 0.25) is 5.75 Å². The third-order valence-corrected chi connectivity index (χ3v) is 3.92. The SMILES string of the molecule is COc1ccc(CNC(=O)c2nc(-c3ccccn3)[nH]c(=O)c2O)cc1OC. The molecule has 0 saturated heterocycles. The zero-order chi connectivity index (χ0) is 20.1. The van der Waals surface area contributed by atoms with Gasteiger partial charge in [0.25, 0.3) is 11.5 Å². The normalized spacial score (nSPS) is 10.4. The van der Waals surface area contributed by atoms with Gasteiger partial charge in [-0.2, -0.15) is 0 Å². The first-order chi connectivity index (χ1) is 13.5. The highest BCUT2D eigenvalue weighted by atomic mass is 16.5. The molecule has 2 heterocycles. The molecule has 0 unspecified atom stereocenters. The fourth-order valence-corrected chi connectivity index (χ4v) is 2.51. The van der Waals surface area contributed by atoms with Crippen LogP contribution in [0.5, 0.6) is 17.2 Å². The third-order valence-electron chi connectivity index (χ3n) is 3.92. The summed E-state index contributed by atoms with van der Waals surface area (Å²) in [5.74, 6) is -0.296. The molecule has 0 aliphatic rings. The number of nitrogens with zero attached hydrogens (tertiary/aromatic N) is 2. The van der Waals surface area contributed by atoms with Crippen molar-refractivity contribution in [1.29, 1.82) is 0 Å². The van der Waals surface area contributed by atoms with Crippen LogP contribution in [0.25, 0.3) is 11.5 Å². The number of hydrogen-bond donors (Lipinski definition) is 3. The van der Waals surface area contributed by atoms with Crippen LogP contribution in [0.3, 0.4) is 0 Å². The molecule has 0 atom stereocenters. The van der Waals surface area contributed by atoms with Gasteiger partial charge in [0.15, 0.2) is 23.0 Å². The van der Waals surface area contributed by atoms with Crippen molar-refractivity contribution in [2.75, 3.05) is 14.2 Å². The van der Waals surface area contributed by atoms with Gasteiger partial charge in [-0.05, 0) is 29.8 Å². The number of pyridine rings is 1. The minimum absolute atomic E-state index is 0.0830. The second-order valence-electron chi connectivity index (χ2n) is 5.70. The van der Waals surface area contributed by atoms with Crippen LogP contribution < -0.4 is 20.3 Å². The maximum atomic E-state index is 12.5. The van der Waals surface area contributed by atoms with Crippen LogP contribution in [-0.4, -0.2) is 40.2 Å². The van der Waals surface area contributed by atoms with Crippen LogP contribution in [-0.2, 0) is 6.54 Å². The van der Waals surface area contributed by atoms with E-state index >= 15 is 0 Å². The van der Waals surface area contributed by atoms with E-state index in [4.69, 9.17) is 9.47 Å². The molecule has 28 heavy (non-hydrogen) atoms. The summed E-state index contributed by atoms with van der Waals surface area (Å²) in [6, 6.07) is 10.2. The van der Waals surface area contributed by atoms with Gasteiger partial charge in [0, 0.05) is 12.7 Å². The van der Waals surface area contributed by atoms with E-state index in [1.165, 1.54) is 20.4 Å². The Hall–Kier alpha value is -3.88. The first-order valence-electron chi connectivity index (χ1n) is 8.27. The summed E-state index contributed by atoms with van der Waals surface area (Å²) >= 11 is 0. The van der Waals surface area contributed by atoms with Crippen LogP contribution in [0.15, 0.2) is 47.4 Å². The number of H-pyrrole nitrogens is 1. The van der Waals surface area contributed by atoms with Crippen LogP contribution in [0.4, 0.5) is 0 Å². The van der Waals surface area contributed by atoms with E-state index in [2.05, 4.69) is 20.3 Å². The van der Waals surface area contributed by atoms with Crippen molar-refractivity contribution < 1.29 is 19.4 Å². The predicted molar refractivity (Wildman–Crippen MR) is 100 cm³/mol. The lowest BCUT2D eigenvalue weighted by molar-refractivity contribution is 0.0942. The number of benzene rings is 1. The Bertz CT molecular complexity index is 1050. The van der Waals surface area contributed by atoms with Crippen molar-refractivity contribution in [3.05, 3.63) is 64.2 Å². The molecular formula is C19H18N4O5. The summed E-state index contributed by atoms with van der Waals surface area (Å²) < 4.78 is 10.4. The molecule has 9 nitrogen and oxygen atoms in total. The van der Waals surface area contributed by atoms with Gasteiger partial charge in [-0.1, -0.05) is 12.1 Å². The maximum Gasteiger partial charge on any atom is 0.294 e. The van der Waals surface area contributed by atoms with Gasteiger partial charge in [-0.25, -0.2) is 4.98 Å². The van der Waals surface area contributed by atoms with Crippen LogP contribution in [0.1, 0.15) is 16.1 Å². The van der Waals surface area contributed by atoms with Crippen LogP contribution in [0.2, 0.25) is 0 Å². The van der Waals surface area contributed by atoms with Gasteiger partial charge in [0.1, 0.15) is 5.69 Å². The first kappa shape index (κ1) is 18.9. The Morgan fingerprint density at radius 3 is 2.64 bits per heavy atom. The zero-order valence-electron chi connectivity index (χ0n) is 15.2. The van der Waals surface area contributed by atoms with E-state index in [-0.39, 0.29) is 18.1 Å². The summed E-state index contributed by atoms with van der Waals surface area (Å²) in [5, 5.41) is 12.6. The number of aromatic nitrogens is 3. The van der Waals surface area contributed by atoms with Crippen LogP contribution >= 0.6 is 0 Å². The highest BCUT2D eigenvalue weighted by Gasteiger charge is 2.19. The number of methoxy groups -OCH3 is 2. The monoisotopic (exact) mass is 382 g/mol. The Morgan fingerprint density at radius 2 is 1.96 bits per heavy atom. The van der Waals surface area contributed by atoms with Crippen molar-refractivity contribution in [2.24, 2.45) is 0 Å². The molecule has 3 rings (SSSR count). The Kier molecular flexibility index (Phi) is 5.54. The molecule has 0 saturated carbocycles. The Morgan fingerprint density at radius 1 is 1.18 bits per heavy atom. The zero-order valence-corrected chi connectivity index (χ0v) is 15.2. The van der Waals surface area contributed by atoms with Crippen LogP contribution in [0, 0.1) is 0 Å². The number of nitrogens with one attached hydrogen (secondary N) is 2. The summed E-state index contributed by atoms with van der Waals surface area (Å²) in [4.78, 5) is 35.0. The molecule has 0 aliphatic carbocycles. The van der Waals surface area contributed by atoms with Gasteiger partial charge >= 0.3 is 0 Å². The molecule has 2 aromatic heterocycles. The van der Waals surface area contributed by atoms with Gasteiger partial charge < -0.3 is 24.9 Å². The largest absolute Gasteiger partial charge is 0.501 e. The van der Waals surface area contributed by atoms with Crippen molar-refractivity contribution in [3.8, 4) is 28.8 Å². The topological polar surface area (TPSA) is 126 Å². The Labute approximate surface area is 160 Å². The number of amides is 1. The third kappa shape index (κ3) is 3.93. The molecule has 3 N–H and O–H groups in total. The second kappa shape index (κ2) is 8.21. The molecular weight excluding hydrogens is 364 g/mol. The van der Waals surface area contributed by atoms with Gasteiger partial charge in [-0.3, -0.25) is 14.6 Å². The number of aromatic hydroxyl groups is 1. The molecule has 0 fully saturated rings. The number of hydrogen-bond acceptors (Lipinski definition) is 7. The molecule has 0 aliphatic heterocycles. The maximum absolute atomic E-state index is 12.5. The minimum atomic E-state index is -0.827. The minimum Gasteiger partial charge on any atom is -0.501 e. The first-order valence-corrected chi connectivity index (χ1v) is 8.27. The van der Waals surface area contributed by atoms with E-state index in [9.17, 15) is 14.7 Å². The van der Waals surface area contributed by atoms with E-state index in [0.717, 1.165) is 5.56 Å². The molecule has 144 valence electrons. The standard InChI is InChI=1S/C19H18N4O5/c1-27-13-7-6-11(9-14(13)28-2)10-21-18(25)15-16(24)19(26)23-17(22-15)12-5-3-4-8-20-12/h3-9,24H,10H2,1-2H3,(H,21,25)(H,22,23,26). The highest BCUT2D eigenvalue weighted by molar-refractivity contribution is 5.95. The van der Waals surface area contributed by atoms with Gasteiger partial charge in [0.05, 0.1) is 14.2 Å². The lowest BCUT2D eigenvalue weighted by Crippen LogP contribution is -2.26. The van der Waals surface area contributed by atoms with Gasteiger partial charge in [-0.15, -0.1) is 0 Å². The predicted octanol–water partition coefficient (Wildman–Crippen LogP) is 1.48. The van der Waals surface area contributed by atoms with Crippen molar-refractivity contribution in [1.82, 2.24) is 20.3 Å². The second-order valence-corrected chi connectivity index (χ2v) is 5.70. The van der Waals surface area contributed by atoms with Crippen molar-refractivity contribution in [3.63, 3.8) is 0 Å². The highest BCUT2D eigenvalue weighted by Crippen LogP contribution is 2.27. The lowest BCUT2D eigenvalue weighted by Gasteiger charge is -2.11. The Balaban J connectivity index is 1.83. The number of aromatic amines is 1. The molecule has 0 bridgehead atoms. The van der Waals surface area contributed by atoms with E-state index in [1.54, 1.807) is 36.4 Å². The fraction of sp³-hybridized carbons (Fsp3) is 0.158. The number of ether oxygens (including phenoxy) is 2. The summed E-state index contributed by atoms with van der Waals surface area (Å²) in [6.45, 7) is 0.131. The van der Waals surface area contributed by atoms with E-state index < -0.39 is 17.2 Å². The molecule has 1 aromatic carbocycles. The van der Waals surface area contributed by atoms with E-state index in [0.29, 0.717) is 17.2 Å². The molecule has 0 spiro atoms. The average Bonchev–Trinajstić information content (AvgIpc) is 2.74. The summed E-state index contributed by atoms with van der Waals surface area (Å²) in [6.07, 6.45) is 1.53. The average molecular weight is 382 g/mol. The lowest BCUT2D eigenvalue weighted by atomic mass is 10.2. The fourth-order valence-electron chi connectivity index (χ4n) is 2.51. The van der Waals surface area contributed by atoms with Crippen molar-refractivity contribution >= 4 is 5.91 Å².